The Morgan fingerprint density at radius 3 is 2.52 bits per heavy atom. The van der Waals surface area contributed by atoms with Gasteiger partial charge in [0.05, 0.1) is 4.90 Å². The van der Waals surface area contributed by atoms with Gasteiger partial charge in [0.15, 0.2) is 6.61 Å². The summed E-state index contributed by atoms with van der Waals surface area (Å²) in [6.07, 6.45) is 0. The zero-order valence-corrected chi connectivity index (χ0v) is 13.3. The number of hydrogen-bond acceptors (Lipinski definition) is 4. The van der Waals surface area contributed by atoms with Gasteiger partial charge in [-0.1, -0.05) is 29.8 Å². The van der Waals surface area contributed by atoms with E-state index in [2.05, 4.69) is 4.72 Å². The van der Waals surface area contributed by atoms with Gasteiger partial charge < -0.3 is 9.84 Å². The Hall–Kier alpha value is -2.38. The molecule has 0 aromatic heterocycles. The quantitative estimate of drug-likeness (QED) is 0.806. The fourth-order valence-electron chi connectivity index (χ4n) is 1.87. The average molecular weight is 335 g/mol. The molecule has 0 saturated carbocycles. The molecule has 0 aliphatic carbocycles. The predicted molar refractivity (Wildman–Crippen MR) is 84.8 cm³/mol. The van der Waals surface area contributed by atoms with Gasteiger partial charge in [-0.3, -0.25) is 0 Å². The summed E-state index contributed by atoms with van der Waals surface area (Å²) in [5.74, 6) is -0.699. The standard InChI is InChI=1S/C16H17NO5S/c1-12-5-7-15(8-6-12)23(20,21)17-10-13-3-2-4-14(9-13)22-11-16(18)19/h2-9,17H,10-11H2,1H3,(H,18,19). The second kappa shape index (κ2) is 7.26. The van der Waals surface area contributed by atoms with Crippen LogP contribution in [-0.4, -0.2) is 26.1 Å². The molecule has 23 heavy (non-hydrogen) atoms. The van der Waals surface area contributed by atoms with Crippen LogP contribution in [0.2, 0.25) is 0 Å². The van der Waals surface area contributed by atoms with E-state index >= 15 is 0 Å². The van der Waals surface area contributed by atoms with Gasteiger partial charge in [-0.2, -0.15) is 0 Å². The third-order valence-electron chi connectivity index (χ3n) is 3.06. The molecule has 0 radical (unpaired) electrons. The van der Waals surface area contributed by atoms with E-state index in [1.54, 1.807) is 48.5 Å². The summed E-state index contributed by atoms with van der Waals surface area (Å²) in [5.41, 5.74) is 1.65. The van der Waals surface area contributed by atoms with Gasteiger partial charge in [0.2, 0.25) is 10.0 Å². The van der Waals surface area contributed by atoms with Crippen molar-refractivity contribution in [1.29, 1.82) is 0 Å². The summed E-state index contributed by atoms with van der Waals surface area (Å²) in [7, 11) is -3.60. The van der Waals surface area contributed by atoms with Crippen LogP contribution in [-0.2, 0) is 21.4 Å². The Bertz CT molecular complexity index is 784. The zero-order chi connectivity index (χ0) is 16.9. The first-order valence-electron chi connectivity index (χ1n) is 6.87. The topological polar surface area (TPSA) is 92.7 Å². The maximum atomic E-state index is 12.2. The highest BCUT2D eigenvalue weighted by Crippen LogP contribution is 2.15. The highest BCUT2D eigenvalue weighted by atomic mass is 32.2. The molecular weight excluding hydrogens is 318 g/mol. The summed E-state index contributed by atoms with van der Waals surface area (Å²) >= 11 is 0. The smallest absolute Gasteiger partial charge is 0.341 e. The van der Waals surface area contributed by atoms with Crippen molar-refractivity contribution in [2.24, 2.45) is 0 Å². The average Bonchev–Trinajstić information content (AvgIpc) is 2.52. The molecule has 0 aliphatic rings. The number of rotatable bonds is 7. The lowest BCUT2D eigenvalue weighted by molar-refractivity contribution is -0.139. The van der Waals surface area contributed by atoms with Gasteiger partial charge in [-0.25, -0.2) is 17.9 Å². The van der Waals surface area contributed by atoms with Crippen molar-refractivity contribution in [3.8, 4) is 5.75 Å². The number of benzene rings is 2. The SMILES string of the molecule is Cc1ccc(S(=O)(=O)NCc2cccc(OCC(=O)O)c2)cc1. The summed E-state index contributed by atoms with van der Waals surface area (Å²) in [4.78, 5) is 10.7. The molecule has 0 saturated heterocycles. The largest absolute Gasteiger partial charge is 0.482 e. The van der Waals surface area contributed by atoms with Gasteiger partial charge in [-0.05, 0) is 36.8 Å². The second-order valence-electron chi connectivity index (χ2n) is 4.97. The van der Waals surface area contributed by atoms with E-state index in [0.717, 1.165) is 5.56 Å². The summed E-state index contributed by atoms with van der Waals surface area (Å²) < 4.78 is 32.0. The molecule has 0 heterocycles. The molecule has 0 bridgehead atoms. The number of carboxylic acid groups (broad SMARTS) is 1. The molecule has 0 aliphatic heterocycles. The lowest BCUT2D eigenvalue weighted by Crippen LogP contribution is -2.23. The van der Waals surface area contributed by atoms with Gasteiger partial charge in [0.25, 0.3) is 0 Å². The normalized spacial score (nSPS) is 11.2. The predicted octanol–water partition coefficient (Wildman–Crippen LogP) is 1.94. The molecule has 0 amide bonds. The van der Waals surface area contributed by atoms with Crippen molar-refractivity contribution in [1.82, 2.24) is 4.72 Å². The third kappa shape index (κ3) is 5.08. The molecule has 7 heteroatoms. The molecule has 0 fully saturated rings. The Balaban J connectivity index is 2.03. The fourth-order valence-corrected chi connectivity index (χ4v) is 2.89. The molecule has 2 aromatic carbocycles. The van der Waals surface area contributed by atoms with Crippen molar-refractivity contribution in [2.75, 3.05) is 6.61 Å². The highest BCUT2D eigenvalue weighted by Gasteiger charge is 2.13. The minimum Gasteiger partial charge on any atom is -0.482 e. The number of carbonyl (C=O) groups is 1. The molecule has 122 valence electrons. The Kier molecular flexibility index (Phi) is 5.36. The molecule has 0 atom stereocenters. The van der Waals surface area contributed by atoms with Crippen LogP contribution in [0.1, 0.15) is 11.1 Å². The van der Waals surface area contributed by atoms with Crippen molar-refractivity contribution >= 4 is 16.0 Å². The van der Waals surface area contributed by atoms with E-state index in [-0.39, 0.29) is 11.4 Å². The first-order chi connectivity index (χ1) is 10.9. The molecule has 0 unspecified atom stereocenters. The maximum absolute atomic E-state index is 12.2. The van der Waals surface area contributed by atoms with Crippen LogP contribution in [0.5, 0.6) is 5.75 Å². The Morgan fingerprint density at radius 1 is 1.17 bits per heavy atom. The summed E-state index contributed by atoms with van der Waals surface area (Å²) in [5, 5.41) is 8.58. The Morgan fingerprint density at radius 2 is 1.87 bits per heavy atom. The van der Waals surface area contributed by atoms with E-state index < -0.39 is 22.6 Å². The van der Waals surface area contributed by atoms with Crippen molar-refractivity contribution in [3.63, 3.8) is 0 Å². The number of aliphatic carboxylic acids is 1. The van der Waals surface area contributed by atoms with Crippen molar-refractivity contribution < 1.29 is 23.1 Å². The highest BCUT2D eigenvalue weighted by molar-refractivity contribution is 7.89. The third-order valence-corrected chi connectivity index (χ3v) is 4.48. The first-order valence-corrected chi connectivity index (χ1v) is 8.35. The van der Waals surface area contributed by atoms with Crippen LogP contribution in [0.25, 0.3) is 0 Å². The lowest BCUT2D eigenvalue weighted by Gasteiger charge is -2.09. The molecule has 0 spiro atoms. The lowest BCUT2D eigenvalue weighted by atomic mass is 10.2. The monoisotopic (exact) mass is 335 g/mol. The van der Waals surface area contributed by atoms with Gasteiger partial charge in [-0.15, -0.1) is 0 Å². The molecular formula is C16H17NO5S. The summed E-state index contributed by atoms with van der Waals surface area (Å²) in [6, 6.07) is 13.2. The van der Waals surface area contributed by atoms with Crippen LogP contribution >= 0.6 is 0 Å². The molecule has 6 nitrogen and oxygen atoms in total. The van der Waals surface area contributed by atoms with Crippen molar-refractivity contribution in [2.45, 2.75) is 18.4 Å². The van der Waals surface area contributed by atoms with E-state index in [9.17, 15) is 13.2 Å². The van der Waals surface area contributed by atoms with Gasteiger partial charge in [0, 0.05) is 6.54 Å². The van der Waals surface area contributed by atoms with Crippen LogP contribution < -0.4 is 9.46 Å². The van der Waals surface area contributed by atoms with E-state index in [1.807, 2.05) is 6.92 Å². The second-order valence-corrected chi connectivity index (χ2v) is 6.73. The van der Waals surface area contributed by atoms with Crippen LogP contribution in [0.15, 0.2) is 53.4 Å². The van der Waals surface area contributed by atoms with Gasteiger partial charge >= 0.3 is 5.97 Å². The number of carboxylic acids is 1. The minimum atomic E-state index is -3.60. The first kappa shape index (κ1) is 17.0. The van der Waals surface area contributed by atoms with E-state index in [0.29, 0.717) is 11.3 Å². The molecule has 2 N–H and O–H groups in total. The van der Waals surface area contributed by atoms with Crippen LogP contribution in [0.3, 0.4) is 0 Å². The molecule has 2 aromatic rings. The molecule has 2 rings (SSSR count). The minimum absolute atomic E-state index is 0.0838. The van der Waals surface area contributed by atoms with E-state index in [4.69, 9.17) is 9.84 Å². The maximum Gasteiger partial charge on any atom is 0.341 e. The number of aryl methyl sites for hydroxylation is 1. The number of nitrogens with one attached hydrogen (secondary N) is 1. The fraction of sp³-hybridized carbons (Fsp3) is 0.188. The van der Waals surface area contributed by atoms with Crippen molar-refractivity contribution in [3.05, 3.63) is 59.7 Å². The van der Waals surface area contributed by atoms with E-state index in [1.165, 1.54) is 0 Å². The Labute approximate surface area is 134 Å². The zero-order valence-electron chi connectivity index (χ0n) is 12.5. The number of ether oxygens (including phenoxy) is 1. The number of sulfonamides is 1. The van der Waals surface area contributed by atoms with Crippen LogP contribution in [0, 0.1) is 6.92 Å². The van der Waals surface area contributed by atoms with Gasteiger partial charge in [0.1, 0.15) is 5.75 Å². The number of hydrogen-bond donors (Lipinski definition) is 2. The van der Waals surface area contributed by atoms with Crippen LogP contribution in [0.4, 0.5) is 0 Å². The summed E-state index contributed by atoms with van der Waals surface area (Å²) in [6.45, 7) is 1.52.